The maximum absolute atomic E-state index is 12.4. The fraction of sp³-hybridized carbons (Fsp3) is 0.0833. The average molecular weight is 398 g/mol. The quantitative estimate of drug-likeness (QED) is 0.603. The van der Waals surface area contributed by atoms with Crippen LogP contribution in [0.5, 0.6) is 5.75 Å². The van der Waals surface area contributed by atoms with Crippen LogP contribution in [0.1, 0.15) is 17.2 Å². The molecule has 3 aromatic carbocycles. The van der Waals surface area contributed by atoms with Gasteiger partial charge in [0.15, 0.2) is 0 Å². The number of ether oxygens (including phenoxy) is 1. The summed E-state index contributed by atoms with van der Waals surface area (Å²) in [7, 11) is 1.64. The van der Waals surface area contributed by atoms with Gasteiger partial charge in [-0.2, -0.15) is 0 Å². The molecule has 30 heavy (non-hydrogen) atoms. The number of amides is 2. The van der Waals surface area contributed by atoms with E-state index in [0.29, 0.717) is 11.6 Å². The van der Waals surface area contributed by atoms with Gasteiger partial charge in [0.2, 0.25) is 5.96 Å². The molecule has 1 aliphatic rings. The minimum absolute atomic E-state index is 0.261. The summed E-state index contributed by atoms with van der Waals surface area (Å²) in [4.78, 5) is 17.1. The van der Waals surface area contributed by atoms with Gasteiger partial charge in [0, 0.05) is 11.4 Å². The fourth-order valence-electron chi connectivity index (χ4n) is 3.18. The van der Waals surface area contributed by atoms with Crippen LogP contribution in [0.3, 0.4) is 0 Å². The molecule has 2 amide bonds. The first-order valence-corrected chi connectivity index (χ1v) is 9.60. The van der Waals surface area contributed by atoms with Crippen molar-refractivity contribution in [1.82, 2.24) is 10.6 Å². The molecule has 0 radical (unpaired) electrons. The molecular weight excluding hydrogens is 376 g/mol. The summed E-state index contributed by atoms with van der Waals surface area (Å²) in [6.45, 7) is 0. The molecule has 0 fully saturated rings. The van der Waals surface area contributed by atoms with E-state index in [1.807, 2.05) is 91.0 Å². The van der Waals surface area contributed by atoms with Crippen molar-refractivity contribution in [2.45, 2.75) is 6.04 Å². The van der Waals surface area contributed by atoms with Crippen molar-refractivity contribution in [1.29, 1.82) is 0 Å². The van der Waals surface area contributed by atoms with Crippen LogP contribution in [0.2, 0.25) is 0 Å². The molecule has 1 aliphatic heterocycles. The van der Waals surface area contributed by atoms with Crippen molar-refractivity contribution in [3.63, 3.8) is 0 Å². The van der Waals surface area contributed by atoms with Crippen LogP contribution >= 0.6 is 0 Å². The Hall–Kier alpha value is -4.06. The van der Waals surface area contributed by atoms with Gasteiger partial charge >= 0.3 is 6.03 Å². The van der Waals surface area contributed by atoms with E-state index in [9.17, 15) is 4.79 Å². The molecule has 1 heterocycles. The Labute approximate surface area is 175 Å². The van der Waals surface area contributed by atoms with Gasteiger partial charge < -0.3 is 15.4 Å². The second-order valence-electron chi connectivity index (χ2n) is 6.73. The zero-order chi connectivity index (χ0) is 20.8. The highest BCUT2D eigenvalue weighted by atomic mass is 16.5. The number of carbonyl (C=O) groups is 1. The fourth-order valence-corrected chi connectivity index (χ4v) is 3.18. The summed E-state index contributed by atoms with van der Waals surface area (Å²) >= 11 is 0. The molecule has 3 aromatic rings. The first kappa shape index (κ1) is 19.3. The van der Waals surface area contributed by atoms with Crippen LogP contribution in [0, 0.1) is 0 Å². The summed E-state index contributed by atoms with van der Waals surface area (Å²) in [5.41, 5.74) is 3.62. The number of methoxy groups -OCH3 is 1. The third-order valence-corrected chi connectivity index (χ3v) is 4.63. The van der Waals surface area contributed by atoms with Crippen LogP contribution in [0.15, 0.2) is 95.6 Å². The van der Waals surface area contributed by atoms with Crippen molar-refractivity contribution >= 4 is 23.8 Å². The number of nitrogens with one attached hydrogen (secondary N) is 3. The lowest BCUT2D eigenvalue weighted by Gasteiger charge is -2.11. The number of anilines is 1. The number of hydrogen-bond donors (Lipinski definition) is 3. The number of benzene rings is 3. The van der Waals surface area contributed by atoms with E-state index in [2.05, 4.69) is 16.0 Å². The molecule has 0 bridgehead atoms. The van der Waals surface area contributed by atoms with Gasteiger partial charge in [-0.1, -0.05) is 60.7 Å². The number of urea groups is 1. The zero-order valence-corrected chi connectivity index (χ0v) is 16.5. The van der Waals surface area contributed by atoms with Crippen LogP contribution in [0.4, 0.5) is 10.5 Å². The van der Waals surface area contributed by atoms with Crippen molar-refractivity contribution < 1.29 is 9.53 Å². The molecule has 6 nitrogen and oxygen atoms in total. The summed E-state index contributed by atoms with van der Waals surface area (Å²) in [5, 5.41) is 8.83. The smallest absolute Gasteiger partial charge is 0.325 e. The molecule has 0 aliphatic carbocycles. The van der Waals surface area contributed by atoms with E-state index in [-0.39, 0.29) is 12.1 Å². The minimum atomic E-state index is -0.359. The van der Waals surface area contributed by atoms with Crippen molar-refractivity contribution in [3.05, 3.63) is 102 Å². The van der Waals surface area contributed by atoms with Gasteiger partial charge in [-0.3, -0.25) is 5.32 Å². The first-order valence-electron chi connectivity index (χ1n) is 9.60. The first-order chi connectivity index (χ1) is 14.7. The molecule has 6 heteroatoms. The molecule has 0 saturated carbocycles. The van der Waals surface area contributed by atoms with E-state index >= 15 is 0 Å². The van der Waals surface area contributed by atoms with E-state index in [1.165, 1.54) is 0 Å². The zero-order valence-electron chi connectivity index (χ0n) is 16.5. The number of guanidine groups is 1. The van der Waals surface area contributed by atoms with Gasteiger partial charge in [0.05, 0.1) is 7.11 Å². The lowest BCUT2D eigenvalue weighted by molar-refractivity contribution is 0.256. The van der Waals surface area contributed by atoms with E-state index in [1.54, 1.807) is 7.11 Å². The largest absolute Gasteiger partial charge is 0.497 e. The van der Waals surface area contributed by atoms with Crippen molar-refractivity contribution in [3.8, 4) is 5.75 Å². The normalized spacial score (nSPS) is 16.5. The van der Waals surface area contributed by atoms with Gasteiger partial charge in [-0.05, 0) is 41.5 Å². The minimum Gasteiger partial charge on any atom is -0.497 e. The maximum atomic E-state index is 12.4. The Kier molecular flexibility index (Phi) is 5.75. The number of aliphatic imine (C=N–C) groups is 1. The predicted molar refractivity (Wildman–Crippen MR) is 119 cm³/mol. The molecule has 0 aromatic heterocycles. The molecule has 4 rings (SSSR count). The van der Waals surface area contributed by atoms with Crippen molar-refractivity contribution in [2.75, 3.05) is 12.4 Å². The predicted octanol–water partition coefficient (Wildman–Crippen LogP) is 4.56. The van der Waals surface area contributed by atoms with Gasteiger partial charge in [0.1, 0.15) is 11.8 Å². The molecule has 0 saturated heterocycles. The lowest BCUT2D eigenvalue weighted by atomic mass is 10.0. The maximum Gasteiger partial charge on any atom is 0.325 e. The molecule has 150 valence electrons. The molecular formula is C24H22N4O2. The molecule has 1 atom stereocenters. The monoisotopic (exact) mass is 398 g/mol. The SMILES string of the molecule is COc1ccc(C2N=C(NC(=O)Nc3ccccc3)N/C2=C\c2ccccc2)cc1. The Morgan fingerprint density at radius 2 is 1.60 bits per heavy atom. The summed E-state index contributed by atoms with van der Waals surface area (Å²) in [6.07, 6.45) is 2.03. The van der Waals surface area contributed by atoms with Gasteiger partial charge in [-0.25, -0.2) is 9.79 Å². The third-order valence-electron chi connectivity index (χ3n) is 4.63. The molecule has 1 unspecified atom stereocenters. The average Bonchev–Trinajstić information content (AvgIpc) is 3.17. The number of rotatable bonds is 4. The van der Waals surface area contributed by atoms with E-state index in [0.717, 1.165) is 22.6 Å². The van der Waals surface area contributed by atoms with Crippen LogP contribution in [-0.2, 0) is 0 Å². The van der Waals surface area contributed by atoms with Crippen LogP contribution in [-0.4, -0.2) is 19.1 Å². The number of para-hydroxylation sites is 1. The van der Waals surface area contributed by atoms with Crippen LogP contribution < -0.4 is 20.7 Å². The number of carbonyl (C=O) groups excluding carboxylic acids is 1. The van der Waals surface area contributed by atoms with Gasteiger partial charge in [-0.15, -0.1) is 0 Å². The Bertz CT molecular complexity index is 1060. The molecule has 0 spiro atoms. The highest BCUT2D eigenvalue weighted by Crippen LogP contribution is 2.30. The van der Waals surface area contributed by atoms with E-state index < -0.39 is 0 Å². The highest BCUT2D eigenvalue weighted by molar-refractivity contribution is 6.04. The van der Waals surface area contributed by atoms with Crippen molar-refractivity contribution in [2.24, 2.45) is 4.99 Å². The number of nitrogens with zero attached hydrogens (tertiary/aromatic N) is 1. The Morgan fingerprint density at radius 3 is 2.27 bits per heavy atom. The summed E-state index contributed by atoms with van der Waals surface area (Å²) < 4.78 is 5.25. The topological polar surface area (TPSA) is 74.8 Å². The second kappa shape index (κ2) is 8.96. The Balaban J connectivity index is 1.56. The summed E-state index contributed by atoms with van der Waals surface area (Å²) in [5.74, 6) is 1.18. The van der Waals surface area contributed by atoms with Gasteiger partial charge in [0.25, 0.3) is 0 Å². The van der Waals surface area contributed by atoms with Crippen LogP contribution in [0.25, 0.3) is 6.08 Å². The highest BCUT2D eigenvalue weighted by Gasteiger charge is 2.25. The number of hydrogen-bond acceptors (Lipinski definition) is 4. The third kappa shape index (κ3) is 4.67. The molecule has 3 N–H and O–H groups in total. The lowest BCUT2D eigenvalue weighted by Crippen LogP contribution is -2.40. The Morgan fingerprint density at radius 1 is 0.933 bits per heavy atom. The standard InChI is InChI=1S/C24H22N4O2/c1-30-20-14-12-18(13-15-20)22-21(16-17-8-4-2-5-9-17)26-23(27-22)28-24(29)25-19-10-6-3-7-11-19/h2-16,22H,1H3,(H3,25,26,27,28,29)/b21-16-. The second-order valence-corrected chi connectivity index (χ2v) is 6.73. The summed E-state index contributed by atoms with van der Waals surface area (Å²) in [6, 6.07) is 26.4. The van der Waals surface area contributed by atoms with E-state index in [4.69, 9.17) is 9.73 Å².